The summed E-state index contributed by atoms with van der Waals surface area (Å²) >= 11 is 1.60. The third kappa shape index (κ3) is 3.22. The van der Waals surface area contributed by atoms with Gasteiger partial charge in [-0.25, -0.2) is 4.79 Å². The first-order valence-corrected chi connectivity index (χ1v) is 6.78. The van der Waals surface area contributed by atoms with Crippen LogP contribution in [-0.2, 0) is 11.3 Å². The Bertz CT molecular complexity index is 429. The van der Waals surface area contributed by atoms with Crippen LogP contribution in [0.25, 0.3) is 0 Å². The van der Waals surface area contributed by atoms with Gasteiger partial charge in [0.1, 0.15) is 6.04 Å². The number of nitrogens with zero attached hydrogens (tertiary/aromatic N) is 1. The highest BCUT2D eigenvalue weighted by molar-refractivity contribution is 7.09. The first kappa shape index (κ1) is 12.9. The fourth-order valence-electron chi connectivity index (χ4n) is 1.65. The first-order valence-electron chi connectivity index (χ1n) is 5.90. The zero-order valence-corrected chi connectivity index (χ0v) is 10.9. The van der Waals surface area contributed by atoms with Crippen molar-refractivity contribution in [1.29, 1.82) is 0 Å². The fourth-order valence-corrected chi connectivity index (χ4v) is 2.36. The molecular weight excluding hydrogens is 252 g/mol. The summed E-state index contributed by atoms with van der Waals surface area (Å²) in [5.74, 6) is -1.02. The van der Waals surface area contributed by atoms with Crippen LogP contribution in [0.4, 0.5) is 4.79 Å². The van der Waals surface area contributed by atoms with E-state index in [4.69, 9.17) is 5.11 Å². The van der Waals surface area contributed by atoms with E-state index >= 15 is 0 Å². The molecule has 0 aliphatic heterocycles. The molecule has 1 fully saturated rings. The van der Waals surface area contributed by atoms with E-state index in [1.54, 1.807) is 16.2 Å². The van der Waals surface area contributed by atoms with Gasteiger partial charge in [0.15, 0.2) is 0 Å². The average Bonchev–Trinajstić information content (AvgIpc) is 3.03. The molecule has 1 aromatic heterocycles. The largest absolute Gasteiger partial charge is 0.480 e. The van der Waals surface area contributed by atoms with Gasteiger partial charge in [0.2, 0.25) is 0 Å². The van der Waals surface area contributed by atoms with Gasteiger partial charge in [-0.05, 0) is 31.2 Å². The maximum Gasteiger partial charge on any atom is 0.325 e. The van der Waals surface area contributed by atoms with Crippen molar-refractivity contribution in [2.24, 2.45) is 0 Å². The minimum absolute atomic E-state index is 0.257. The van der Waals surface area contributed by atoms with Crippen LogP contribution in [0.3, 0.4) is 0 Å². The van der Waals surface area contributed by atoms with Crippen molar-refractivity contribution in [2.75, 3.05) is 0 Å². The Morgan fingerprint density at radius 3 is 2.83 bits per heavy atom. The second-order valence-electron chi connectivity index (χ2n) is 4.45. The standard InChI is InChI=1S/C12H16N2O3S/c1-8(11(15)16)13-12(17)14(9-4-5-9)7-10-3-2-6-18-10/h2-3,6,8-9H,4-5,7H2,1H3,(H,13,17)(H,15,16)/t8-/m0/s1. The maximum atomic E-state index is 12.0. The molecule has 6 heteroatoms. The van der Waals surface area contributed by atoms with E-state index in [1.807, 2.05) is 17.5 Å². The number of nitrogens with one attached hydrogen (secondary N) is 1. The predicted molar refractivity (Wildman–Crippen MR) is 68.5 cm³/mol. The van der Waals surface area contributed by atoms with Crippen molar-refractivity contribution >= 4 is 23.3 Å². The minimum Gasteiger partial charge on any atom is -0.480 e. The molecule has 0 radical (unpaired) electrons. The van der Waals surface area contributed by atoms with Crippen LogP contribution in [0.15, 0.2) is 17.5 Å². The van der Waals surface area contributed by atoms with Gasteiger partial charge in [0.25, 0.3) is 0 Å². The van der Waals surface area contributed by atoms with Gasteiger partial charge in [-0.2, -0.15) is 0 Å². The Labute approximate surface area is 109 Å². The molecule has 1 aromatic rings. The topological polar surface area (TPSA) is 69.6 Å². The Morgan fingerprint density at radius 1 is 1.61 bits per heavy atom. The SMILES string of the molecule is C[C@H](NC(=O)N(Cc1cccs1)C1CC1)C(=O)O. The summed E-state index contributed by atoms with van der Waals surface area (Å²) in [6, 6.07) is 3.03. The summed E-state index contributed by atoms with van der Waals surface area (Å²) in [5.41, 5.74) is 0. The minimum atomic E-state index is -1.02. The van der Waals surface area contributed by atoms with E-state index in [0.29, 0.717) is 6.54 Å². The molecule has 5 nitrogen and oxygen atoms in total. The molecule has 1 heterocycles. The molecule has 1 aliphatic carbocycles. The smallest absolute Gasteiger partial charge is 0.325 e. The van der Waals surface area contributed by atoms with Crippen LogP contribution >= 0.6 is 11.3 Å². The number of amides is 2. The van der Waals surface area contributed by atoms with Crippen molar-refractivity contribution in [1.82, 2.24) is 10.2 Å². The molecule has 0 unspecified atom stereocenters. The van der Waals surface area contributed by atoms with E-state index in [0.717, 1.165) is 17.7 Å². The molecule has 0 saturated heterocycles. The van der Waals surface area contributed by atoms with Gasteiger partial charge in [0, 0.05) is 10.9 Å². The van der Waals surface area contributed by atoms with Crippen LogP contribution in [-0.4, -0.2) is 34.1 Å². The van der Waals surface area contributed by atoms with Crippen molar-refractivity contribution < 1.29 is 14.7 Å². The number of thiophene rings is 1. The van der Waals surface area contributed by atoms with Crippen LogP contribution in [0.2, 0.25) is 0 Å². The van der Waals surface area contributed by atoms with Gasteiger partial charge in [0.05, 0.1) is 6.54 Å². The Kier molecular flexibility index (Phi) is 3.86. The highest BCUT2D eigenvalue weighted by Crippen LogP contribution is 2.29. The number of carboxylic acids is 1. The van der Waals surface area contributed by atoms with Gasteiger partial charge in [-0.15, -0.1) is 11.3 Å². The highest BCUT2D eigenvalue weighted by Gasteiger charge is 2.33. The lowest BCUT2D eigenvalue weighted by Crippen LogP contribution is -2.47. The number of aliphatic carboxylic acids is 1. The summed E-state index contributed by atoms with van der Waals surface area (Å²) in [6.07, 6.45) is 2.00. The Hall–Kier alpha value is -1.56. The number of carbonyl (C=O) groups excluding carboxylic acids is 1. The van der Waals surface area contributed by atoms with Crippen molar-refractivity contribution in [3.63, 3.8) is 0 Å². The predicted octanol–water partition coefficient (Wildman–Crippen LogP) is 1.90. The van der Waals surface area contributed by atoms with Gasteiger partial charge >= 0.3 is 12.0 Å². The van der Waals surface area contributed by atoms with Gasteiger partial charge in [-0.3, -0.25) is 4.79 Å². The molecule has 1 atom stereocenters. The van der Waals surface area contributed by atoms with Crippen molar-refractivity contribution in [2.45, 2.75) is 38.4 Å². The molecule has 1 saturated carbocycles. The lowest BCUT2D eigenvalue weighted by atomic mass is 10.3. The Morgan fingerprint density at radius 2 is 2.33 bits per heavy atom. The number of carboxylic acid groups (broad SMARTS) is 1. The molecule has 2 N–H and O–H groups in total. The molecule has 0 aromatic carbocycles. The van der Waals surface area contributed by atoms with Crippen LogP contribution in [0.1, 0.15) is 24.6 Å². The van der Waals surface area contributed by atoms with E-state index in [1.165, 1.54) is 6.92 Å². The number of carbonyl (C=O) groups is 2. The molecule has 0 spiro atoms. The van der Waals surface area contributed by atoms with Gasteiger partial charge in [-0.1, -0.05) is 6.07 Å². The van der Waals surface area contributed by atoms with Crippen LogP contribution in [0, 0.1) is 0 Å². The summed E-state index contributed by atoms with van der Waals surface area (Å²) in [6.45, 7) is 2.02. The highest BCUT2D eigenvalue weighted by atomic mass is 32.1. The molecule has 1 aliphatic rings. The molecular formula is C12H16N2O3S. The van der Waals surface area contributed by atoms with Crippen molar-refractivity contribution in [3.05, 3.63) is 22.4 Å². The quantitative estimate of drug-likeness (QED) is 0.857. The third-order valence-corrected chi connectivity index (χ3v) is 3.73. The van der Waals surface area contributed by atoms with E-state index in [9.17, 15) is 9.59 Å². The maximum absolute atomic E-state index is 12.0. The zero-order chi connectivity index (χ0) is 13.1. The van der Waals surface area contributed by atoms with E-state index in [2.05, 4.69) is 5.32 Å². The average molecular weight is 268 g/mol. The fraction of sp³-hybridized carbons (Fsp3) is 0.500. The molecule has 0 bridgehead atoms. The summed E-state index contributed by atoms with van der Waals surface area (Å²) in [4.78, 5) is 25.6. The molecule has 98 valence electrons. The van der Waals surface area contributed by atoms with Gasteiger partial charge < -0.3 is 15.3 Å². The number of urea groups is 1. The summed E-state index contributed by atoms with van der Waals surface area (Å²) in [7, 11) is 0. The van der Waals surface area contributed by atoms with Crippen LogP contribution < -0.4 is 5.32 Å². The zero-order valence-electron chi connectivity index (χ0n) is 10.1. The normalized spacial score (nSPS) is 16.1. The monoisotopic (exact) mass is 268 g/mol. The van der Waals surface area contributed by atoms with Crippen molar-refractivity contribution in [3.8, 4) is 0 Å². The van der Waals surface area contributed by atoms with Crippen LogP contribution in [0.5, 0.6) is 0 Å². The number of hydrogen-bond acceptors (Lipinski definition) is 3. The summed E-state index contributed by atoms with van der Waals surface area (Å²) < 4.78 is 0. The lowest BCUT2D eigenvalue weighted by Gasteiger charge is -2.23. The third-order valence-electron chi connectivity index (χ3n) is 2.87. The lowest BCUT2D eigenvalue weighted by molar-refractivity contribution is -0.138. The molecule has 18 heavy (non-hydrogen) atoms. The van der Waals surface area contributed by atoms with E-state index in [-0.39, 0.29) is 12.1 Å². The molecule has 2 amide bonds. The Balaban J connectivity index is 1.97. The van der Waals surface area contributed by atoms with E-state index < -0.39 is 12.0 Å². The number of hydrogen-bond donors (Lipinski definition) is 2. The molecule has 2 rings (SSSR count). The second-order valence-corrected chi connectivity index (χ2v) is 5.48. The number of rotatable bonds is 5. The second kappa shape index (κ2) is 5.39. The summed E-state index contributed by atoms with van der Waals surface area (Å²) in [5, 5.41) is 13.3. The first-order chi connectivity index (χ1) is 8.58.